The zero-order valence-corrected chi connectivity index (χ0v) is 13.9. The topological polar surface area (TPSA) is 39.0 Å². The van der Waals surface area contributed by atoms with E-state index >= 15 is 0 Å². The molecule has 2 N–H and O–H groups in total. The van der Waals surface area contributed by atoms with Gasteiger partial charge in [0.05, 0.1) is 0 Å². The van der Waals surface area contributed by atoms with Crippen molar-refractivity contribution in [3.8, 4) is 0 Å². The molecule has 2 aliphatic heterocycles. The summed E-state index contributed by atoms with van der Waals surface area (Å²) >= 11 is 0. The van der Waals surface area contributed by atoms with Crippen molar-refractivity contribution in [2.24, 2.45) is 5.73 Å². The van der Waals surface area contributed by atoms with Crippen LogP contribution in [0.4, 0.5) is 0 Å². The highest BCUT2D eigenvalue weighted by molar-refractivity contribution is 5.04. The molecule has 0 radical (unpaired) electrons. The lowest BCUT2D eigenvalue weighted by Crippen LogP contribution is -2.61. The largest absolute Gasteiger partial charge is 0.329 e. The Kier molecular flexibility index (Phi) is 4.86. The first-order chi connectivity index (χ1) is 10.1. The molecule has 5 heteroatoms. The first kappa shape index (κ1) is 15.7. The monoisotopic (exact) mass is 295 g/mol. The fourth-order valence-corrected chi connectivity index (χ4v) is 3.98. The number of nitrogens with two attached hydrogens (primary N) is 1. The highest BCUT2D eigenvalue weighted by Crippen LogP contribution is 2.36. The number of piperazine rings is 1. The van der Waals surface area contributed by atoms with E-state index < -0.39 is 0 Å². The molecule has 3 aliphatic rings. The molecule has 0 aromatic rings. The van der Waals surface area contributed by atoms with E-state index in [-0.39, 0.29) is 5.54 Å². The van der Waals surface area contributed by atoms with E-state index in [1.54, 1.807) is 0 Å². The summed E-state index contributed by atoms with van der Waals surface area (Å²) in [5.74, 6) is 0. The molecular weight excluding hydrogens is 262 g/mol. The van der Waals surface area contributed by atoms with Crippen molar-refractivity contribution in [3.05, 3.63) is 0 Å². The highest BCUT2D eigenvalue weighted by Gasteiger charge is 2.46. The van der Waals surface area contributed by atoms with Gasteiger partial charge in [-0.2, -0.15) is 0 Å². The first-order valence-corrected chi connectivity index (χ1v) is 8.69. The van der Waals surface area contributed by atoms with Crippen LogP contribution in [0.3, 0.4) is 0 Å². The Morgan fingerprint density at radius 3 is 2.38 bits per heavy atom. The summed E-state index contributed by atoms with van der Waals surface area (Å²) in [6.07, 6.45) is 4.11. The molecular formula is C16H33N5. The molecule has 0 amide bonds. The van der Waals surface area contributed by atoms with Gasteiger partial charge in [0.25, 0.3) is 0 Å². The van der Waals surface area contributed by atoms with E-state index in [4.69, 9.17) is 5.73 Å². The van der Waals surface area contributed by atoms with Gasteiger partial charge in [0.2, 0.25) is 0 Å². The van der Waals surface area contributed by atoms with E-state index in [2.05, 4.69) is 33.7 Å². The predicted molar refractivity (Wildman–Crippen MR) is 87.6 cm³/mol. The van der Waals surface area contributed by atoms with Crippen molar-refractivity contribution in [1.29, 1.82) is 0 Å². The Bertz CT molecular complexity index is 336. The first-order valence-electron chi connectivity index (χ1n) is 8.69. The summed E-state index contributed by atoms with van der Waals surface area (Å²) in [7, 11) is 4.31. The molecule has 1 unspecified atom stereocenters. The van der Waals surface area contributed by atoms with Crippen LogP contribution in [0, 0.1) is 0 Å². The van der Waals surface area contributed by atoms with Gasteiger partial charge in [-0.15, -0.1) is 0 Å². The molecule has 21 heavy (non-hydrogen) atoms. The number of hydrogen-bond acceptors (Lipinski definition) is 5. The molecule has 3 rings (SSSR count). The Balaban J connectivity index is 1.50. The number of hydrogen-bond donors (Lipinski definition) is 1. The van der Waals surface area contributed by atoms with Crippen LogP contribution >= 0.6 is 0 Å². The molecule has 0 aromatic heterocycles. The minimum atomic E-state index is 0.274. The van der Waals surface area contributed by atoms with Gasteiger partial charge in [0.15, 0.2) is 0 Å². The van der Waals surface area contributed by atoms with Gasteiger partial charge in [-0.1, -0.05) is 0 Å². The van der Waals surface area contributed by atoms with Gasteiger partial charge in [-0.3, -0.25) is 14.7 Å². The maximum atomic E-state index is 6.23. The Hall–Kier alpha value is -0.200. The number of rotatable bonds is 6. The van der Waals surface area contributed by atoms with Crippen LogP contribution in [-0.2, 0) is 0 Å². The average molecular weight is 295 g/mol. The molecule has 0 bridgehead atoms. The fraction of sp³-hybridized carbons (Fsp3) is 1.00. The molecule has 2 saturated heterocycles. The SMILES string of the molecule is CN(C)CCN1CCN(C2(CN)CCN(C3CC3)C2)CC1. The predicted octanol–water partition coefficient (Wildman–Crippen LogP) is -0.269. The van der Waals surface area contributed by atoms with Crippen molar-refractivity contribution in [3.63, 3.8) is 0 Å². The summed E-state index contributed by atoms with van der Waals surface area (Å²) in [4.78, 5) is 10.3. The minimum Gasteiger partial charge on any atom is -0.329 e. The van der Waals surface area contributed by atoms with Crippen molar-refractivity contribution >= 4 is 0 Å². The van der Waals surface area contributed by atoms with Gasteiger partial charge in [0, 0.05) is 70.5 Å². The van der Waals surface area contributed by atoms with Crippen LogP contribution in [0.2, 0.25) is 0 Å². The van der Waals surface area contributed by atoms with Gasteiger partial charge in [0.1, 0.15) is 0 Å². The summed E-state index contributed by atoms with van der Waals surface area (Å²) in [6.45, 7) is 10.5. The fourth-order valence-electron chi connectivity index (χ4n) is 3.98. The summed E-state index contributed by atoms with van der Waals surface area (Å²) < 4.78 is 0. The molecule has 2 heterocycles. The summed E-state index contributed by atoms with van der Waals surface area (Å²) in [5, 5.41) is 0. The summed E-state index contributed by atoms with van der Waals surface area (Å²) in [6, 6.07) is 0.889. The van der Waals surface area contributed by atoms with Crippen LogP contribution in [0.5, 0.6) is 0 Å². The lowest BCUT2D eigenvalue weighted by molar-refractivity contribution is 0.0383. The van der Waals surface area contributed by atoms with Gasteiger partial charge in [-0.25, -0.2) is 0 Å². The Morgan fingerprint density at radius 1 is 1.10 bits per heavy atom. The third kappa shape index (κ3) is 3.59. The van der Waals surface area contributed by atoms with Crippen molar-refractivity contribution in [2.75, 3.05) is 73.0 Å². The number of nitrogens with zero attached hydrogens (tertiary/aromatic N) is 4. The van der Waals surface area contributed by atoms with Crippen molar-refractivity contribution in [1.82, 2.24) is 19.6 Å². The molecule has 1 aliphatic carbocycles. The standard InChI is InChI=1S/C16H33N5/c1-18(2)7-8-19-9-11-21(12-10-19)16(13-17)5-6-20(14-16)15-3-4-15/h15H,3-14,17H2,1-2H3. The van der Waals surface area contributed by atoms with Crippen molar-refractivity contribution in [2.45, 2.75) is 30.8 Å². The minimum absolute atomic E-state index is 0.274. The third-order valence-corrected chi connectivity index (χ3v) is 5.71. The summed E-state index contributed by atoms with van der Waals surface area (Å²) in [5.41, 5.74) is 6.50. The lowest BCUT2D eigenvalue weighted by atomic mass is 9.95. The normalized spacial score (nSPS) is 33.1. The van der Waals surface area contributed by atoms with E-state index in [0.29, 0.717) is 0 Å². The van der Waals surface area contributed by atoms with Crippen LogP contribution in [0.1, 0.15) is 19.3 Å². The zero-order valence-electron chi connectivity index (χ0n) is 13.9. The van der Waals surface area contributed by atoms with Crippen LogP contribution in [0.25, 0.3) is 0 Å². The maximum Gasteiger partial charge on any atom is 0.0471 e. The van der Waals surface area contributed by atoms with Crippen LogP contribution in [0.15, 0.2) is 0 Å². The maximum absolute atomic E-state index is 6.23. The smallest absolute Gasteiger partial charge is 0.0471 e. The van der Waals surface area contributed by atoms with Gasteiger partial charge in [-0.05, 0) is 33.4 Å². The second kappa shape index (κ2) is 6.50. The quantitative estimate of drug-likeness (QED) is 0.730. The van der Waals surface area contributed by atoms with Crippen molar-refractivity contribution < 1.29 is 0 Å². The van der Waals surface area contributed by atoms with Gasteiger partial charge < -0.3 is 10.6 Å². The molecule has 5 nitrogen and oxygen atoms in total. The molecule has 3 fully saturated rings. The second-order valence-electron chi connectivity index (χ2n) is 7.51. The molecule has 1 saturated carbocycles. The average Bonchev–Trinajstić information content (AvgIpc) is 3.25. The third-order valence-electron chi connectivity index (χ3n) is 5.71. The van der Waals surface area contributed by atoms with Crippen LogP contribution < -0.4 is 5.73 Å². The van der Waals surface area contributed by atoms with E-state index in [0.717, 1.165) is 19.1 Å². The Labute approximate surface area is 130 Å². The second-order valence-corrected chi connectivity index (χ2v) is 7.51. The van der Waals surface area contributed by atoms with E-state index in [1.165, 1.54) is 65.1 Å². The lowest BCUT2D eigenvalue weighted by Gasteiger charge is -2.45. The zero-order chi connectivity index (χ0) is 14.9. The Morgan fingerprint density at radius 2 is 1.81 bits per heavy atom. The molecule has 1 atom stereocenters. The molecule has 0 aromatic carbocycles. The molecule has 0 spiro atoms. The highest BCUT2D eigenvalue weighted by atomic mass is 15.4. The van der Waals surface area contributed by atoms with Gasteiger partial charge >= 0.3 is 0 Å². The number of likely N-dealkylation sites (tertiary alicyclic amines) is 1. The number of likely N-dealkylation sites (N-methyl/N-ethyl adjacent to an activating group) is 1. The molecule has 122 valence electrons. The van der Waals surface area contributed by atoms with E-state index in [9.17, 15) is 0 Å². The van der Waals surface area contributed by atoms with E-state index in [1.807, 2.05) is 0 Å². The van der Waals surface area contributed by atoms with Crippen LogP contribution in [-0.4, -0.2) is 104 Å².